The Hall–Kier alpha value is -4.08. The lowest BCUT2D eigenvalue weighted by Crippen LogP contribution is -2.35. The second kappa shape index (κ2) is 8.94. The monoisotopic (exact) mass is 476 g/mol. The predicted molar refractivity (Wildman–Crippen MR) is 130 cm³/mol. The number of nitrogen functional groups attached to an aromatic ring is 1. The van der Waals surface area contributed by atoms with E-state index in [0.717, 1.165) is 41.2 Å². The van der Waals surface area contributed by atoms with E-state index in [1.807, 2.05) is 31.2 Å². The first-order valence-electron chi connectivity index (χ1n) is 11.5. The summed E-state index contributed by atoms with van der Waals surface area (Å²) in [7, 11) is 0. The second-order valence-corrected chi connectivity index (χ2v) is 9.10. The van der Waals surface area contributed by atoms with Gasteiger partial charge in [-0.3, -0.25) is 14.2 Å². The number of rotatable bonds is 8. The van der Waals surface area contributed by atoms with Crippen LogP contribution in [0.2, 0.25) is 0 Å². The van der Waals surface area contributed by atoms with Gasteiger partial charge in [-0.25, -0.2) is 9.97 Å². The molecule has 5 rings (SSSR count). The van der Waals surface area contributed by atoms with E-state index in [2.05, 4.69) is 20.6 Å². The minimum atomic E-state index is -0.327. The average Bonchev–Trinajstić information content (AvgIpc) is 3.48. The third-order valence-corrected chi connectivity index (χ3v) is 6.68. The molecule has 0 atom stereocenters. The molecule has 1 saturated carbocycles. The molecule has 1 aromatic carbocycles. The van der Waals surface area contributed by atoms with E-state index in [1.165, 1.54) is 4.57 Å². The number of ether oxygens (including phenoxy) is 2. The Bertz CT molecular complexity index is 1350. The molecule has 1 aliphatic heterocycles. The maximum Gasteiger partial charge on any atom is 0.293 e. The van der Waals surface area contributed by atoms with E-state index in [9.17, 15) is 9.59 Å². The molecule has 0 spiro atoms. The van der Waals surface area contributed by atoms with Gasteiger partial charge in [0.15, 0.2) is 17.3 Å². The molecule has 0 saturated heterocycles. The van der Waals surface area contributed by atoms with Crippen LogP contribution < -0.4 is 31.4 Å². The number of hydrogen-bond acceptors (Lipinski definition) is 8. The highest BCUT2D eigenvalue weighted by Crippen LogP contribution is 2.50. The van der Waals surface area contributed by atoms with Crippen LogP contribution in [-0.4, -0.2) is 33.8 Å². The number of aromatic nitrogens is 3. The molecular weight excluding hydrogens is 448 g/mol. The fourth-order valence-electron chi connectivity index (χ4n) is 4.28. The smallest absolute Gasteiger partial charge is 0.293 e. The minimum absolute atomic E-state index is 0.0762. The minimum Gasteiger partial charge on any atom is -0.454 e. The number of amides is 1. The van der Waals surface area contributed by atoms with Crippen LogP contribution >= 0.6 is 0 Å². The van der Waals surface area contributed by atoms with Crippen molar-refractivity contribution in [3.8, 4) is 11.5 Å². The number of nitrogens with two attached hydrogens (primary N) is 1. The van der Waals surface area contributed by atoms with Crippen molar-refractivity contribution in [3.63, 3.8) is 0 Å². The normalized spacial score (nSPS) is 15.0. The Morgan fingerprint density at radius 3 is 2.74 bits per heavy atom. The second-order valence-electron chi connectivity index (χ2n) is 9.10. The molecule has 0 unspecified atom stereocenters. The van der Waals surface area contributed by atoms with Crippen LogP contribution in [0.4, 0.5) is 11.6 Å². The summed E-state index contributed by atoms with van der Waals surface area (Å²) in [5.74, 6) is 1.89. The van der Waals surface area contributed by atoms with Crippen LogP contribution in [0, 0.1) is 13.8 Å². The van der Waals surface area contributed by atoms with Gasteiger partial charge in [0.05, 0.1) is 0 Å². The van der Waals surface area contributed by atoms with Crippen molar-refractivity contribution in [3.05, 3.63) is 69.4 Å². The van der Waals surface area contributed by atoms with Gasteiger partial charge in [0.2, 0.25) is 12.7 Å². The summed E-state index contributed by atoms with van der Waals surface area (Å²) >= 11 is 0. The van der Waals surface area contributed by atoms with E-state index in [4.69, 9.17) is 15.2 Å². The summed E-state index contributed by atoms with van der Waals surface area (Å²) in [5, 5.41) is 6.07. The molecule has 1 amide bonds. The first-order valence-corrected chi connectivity index (χ1v) is 11.5. The van der Waals surface area contributed by atoms with Gasteiger partial charge < -0.3 is 25.8 Å². The molecule has 10 nitrogen and oxygen atoms in total. The number of anilines is 2. The number of pyridine rings is 1. The Balaban J connectivity index is 1.25. The van der Waals surface area contributed by atoms with E-state index in [1.54, 1.807) is 19.2 Å². The van der Waals surface area contributed by atoms with Crippen LogP contribution in [0.15, 0.2) is 41.3 Å². The van der Waals surface area contributed by atoms with Crippen molar-refractivity contribution in [1.29, 1.82) is 0 Å². The number of hydrogen-bond donors (Lipinski definition) is 3. The van der Waals surface area contributed by atoms with Gasteiger partial charge in [-0.15, -0.1) is 0 Å². The molecule has 0 bridgehead atoms. The summed E-state index contributed by atoms with van der Waals surface area (Å²) < 4.78 is 12.4. The van der Waals surface area contributed by atoms with Gasteiger partial charge in [-0.1, -0.05) is 12.1 Å². The number of benzene rings is 1. The Labute approximate surface area is 202 Å². The molecule has 35 heavy (non-hydrogen) atoms. The summed E-state index contributed by atoms with van der Waals surface area (Å²) in [6, 6.07) is 9.51. The molecule has 0 radical (unpaired) electrons. The molecule has 3 aromatic rings. The van der Waals surface area contributed by atoms with Crippen molar-refractivity contribution >= 4 is 17.5 Å². The van der Waals surface area contributed by atoms with Crippen LogP contribution in [0.3, 0.4) is 0 Å². The maximum absolute atomic E-state index is 13.1. The number of carbonyl (C=O) groups excluding carboxylic acids is 1. The van der Waals surface area contributed by atoms with Gasteiger partial charge in [0, 0.05) is 36.1 Å². The van der Waals surface area contributed by atoms with Gasteiger partial charge >= 0.3 is 0 Å². The summed E-state index contributed by atoms with van der Waals surface area (Å²) in [6.07, 6.45) is 3.61. The Morgan fingerprint density at radius 1 is 1.17 bits per heavy atom. The lowest BCUT2D eigenvalue weighted by Gasteiger charge is -2.18. The van der Waals surface area contributed by atoms with Crippen LogP contribution in [0.5, 0.6) is 11.5 Å². The molecule has 2 aromatic heterocycles. The molecular formula is C25H28N6O4. The quantitative estimate of drug-likeness (QED) is 0.450. The van der Waals surface area contributed by atoms with Gasteiger partial charge in [-0.2, -0.15) is 0 Å². The first kappa shape index (κ1) is 22.7. The summed E-state index contributed by atoms with van der Waals surface area (Å²) in [6.45, 7) is 4.60. The highest BCUT2D eigenvalue weighted by atomic mass is 16.7. The van der Waals surface area contributed by atoms with Gasteiger partial charge in [-0.05, 0) is 56.0 Å². The highest BCUT2D eigenvalue weighted by Gasteiger charge is 2.44. The average molecular weight is 477 g/mol. The van der Waals surface area contributed by atoms with Crippen molar-refractivity contribution in [2.24, 2.45) is 0 Å². The number of nitrogens with zero attached hydrogens (tertiary/aromatic N) is 3. The topological polar surface area (TPSA) is 133 Å². The van der Waals surface area contributed by atoms with E-state index < -0.39 is 0 Å². The largest absolute Gasteiger partial charge is 0.454 e. The van der Waals surface area contributed by atoms with E-state index >= 15 is 0 Å². The number of aryl methyl sites for hydroxylation is 2. The highest BCUT2D eigenvalue weighted by molar-refractivity contribution is 5.75. The fraction of sp³-hybridized carbons (Fsp3) is 0.360. The van der Waals surface area contributed by atoms with Crippen molar-refractivity contribution in [2.45, 2.75) is 45.2 Å². The molecule has 4 N–H and O–H groups in total. The maximum atomic E-state index is 13.1. The van der Waals surface area contributed by atoms with E-state index in [0.29, 0.717) is 24.6 Å². The number of nitrogens with one attached hydrogen (secondary N) is 2. The summed E-state index contributed by atoms with van der Waals surface area (Å²) in [5.41, 5.74) is 8.66. The van der Waals surface area contributed by atoms with Crippen molar-refractivity contribution in [2.75, 3.05) is 24.4 Å². The van der Waals surface area contributed by atoms with Crippen LogP contribution in [0.25, 0.3) is 0 Å². The zero-order valence-corrected chi connectivity index (χ0v) is 19.8. The van der Waals surface area contributed by atoms with Gasteiger partial charge in [0.25, 0.3) is 5.56 Å². The Kier molecular flexibility index (Phi) is 5.80. The zero-order chi connectivity index (χ0) is 24.6. The van der Waals surface area contributed by atoms with E-state index in [-0.39, 0.29) is 36.0 Å². The Morgan fingerprint density at radius 2 is 1.97 bits per heavy atom. The lowest BCUT2D eigenvalue weighted by molar-refractivity contribution is -0.121. The molecule has 1 fully saturated rings. The van der Waals surface area contributed by atoms with Crippen molar-refractivity contribution in [1.82, 2.24) is 19.9 Å². The third-order valence-electron chi connectivity index (χ3n) is 6.68. The first-order chi connectivity index (χ1) is 16.8. The van der Waals surface area contributed by atoms with Crippen LogP contribution in [0.1, 0.15) is 35.4 Å². The fourth-order valence-corrected chi connectivity index (χ4v) is 4.28. The molecule has 3 heterocycles. The molecule has 10 heteroatoms. The van der Waals surface area contributed by atoms with Crippen LogP contribution in [-0.2, 0) is 23.3 Å². The SMILES string of the molecule is Cc1nc(N)ccc1CNC(=O)Cn1c(C)cnc(NCC2(c3ccc4c(c3)OCO4)CC2)c1=O. The molecule has 2 aliphatic rings. The predicted octanol–water partition coefficient (Wildman–Crippen LogP) is 2.03. The number of carbonyl (C=O) groups is 1. The molecule has 1 aliphatic carbocycles. The third kappa shape index (κ3) is 4.64. The van der Waals surface area contributed by atoms with Gasteiger partial charge in [0.1, 0.15) is 12.4 Å². The number of fused-ring (bicyclic) bond motifs is 1. The standard InChI is InChI=1S/C25H28N6O4/c1-15-10-28-23(29-13-25(7-8-25)18-4-5-19-20(9-18)35-14-34-19)24(33)31(15)12-22(32)27-11-17-3-6-21(26)30-16(17)2/h3-6,9-10H,7-8,11-14H2,1-2H3,(H2,26,30)(H,27,32)(H,28,29). The lowest BCUT2D eigenvalue weighted by atomic mass is 9.95. The zero-order valence-electron chi connectivity index (χ0n) is 19.8. The summed E-state index contributed by atoms with van der Waals surface area (Å²) in [4.78, 5) is 34.2. The van der Waals surface area contributed by atoms with Crippen molar-refractivity contribution < 1.29 is 14.3 Å². The molecule has 182 valence electrons.